The summed E-state index contributed by atoms with van der Waals surface area (Å²) in [7, 11) is 1.86. The van der Waals surface area contributed by atoms with Gasteiger partial charge in [0.1, 0.15) is 6.07 Å². The van der Waals surface area contributed by atoms with E-state index in [9.17, 15) is 4.39 Å². The normalized spacial score (nSPS) is 12.4. The van der Waals surface area contributed by atoms with Crippen LogP contribution in [0.15, 0.2) is 16.6 Å². The molecular formula is C13H16BrFN2. The first-order chi connectivity index (χ1) is 7.90. The fraction of sp³-hybridized carbons (Fsp3) is 0.462. The standard InChI is InChI=1S/C13H16BrFN2/c1-8(2)9(3)17(4)11-6-5-10(7-16)12(14)13(11)15/h5-6,8-9H,1-4H3. The molecule has 1 rings (SSSR count). The van der Waals surface area contributed by atoms with E-state index in [1.807, 2.05) is 18.0 Å². The first-order valence-corrected chi connectivity index (χ1v) is 6.30. The molecule has 0 spiro atoms. The Hall–Kier alpha value is -1.08. The van der Waals surface area contributed by atoms with E-state index in [4.69, 9.17) is 5.26 Å². The fourth-order valence-electron chi connectivity index (χ4n) is 1.56. The van der Waals surface area contributed by atoms with Crippen molar-refractivity contribution in [1.29, 1.82) is 5.26 Å². The van der Waals surface area contributed by atoms with Gasteiger partial charge in [0, 0.05) is 13.1 Å². The molecule has 1 unspecified atom stereocenters. The van der Waals surface area contributed by atoms with Crippen LogP contribution in [0, 0.1) is 23.1 Å². The summed E-state index contributed by atoms with van der Waals surface area (Å²) in [5.41, 5.74) is 0.828. The van der Waals surface area contributed by atoms with E-state index in [-0.39, 0.29) is 16.3 Å². The maximum atomic E-state index is 14.1. The van der Waals surface area contributed by atoms with Gasteiger partial charge < -0.3 is 4.90 Å². The summed E-state index contributed by atoms with van der Waals surface area (Å²) in [5.74, 6) is 0.0490. The van der Waals surface area contributed by atoms with Gasteiger partial charge >= 0.3 is 0 Å². The van der Waals surface area contributed by atoms with Crippen LogP contribution < -0.4 is 4.90 Å². The molecule has 0 bridgehead atoms. The summed E-state index contributed by atoms with van der Waals surface area (Å²) in [6, 6.07) is 5.46. The summed E-state index contributed by atoms with van der Waals surface area (Å²) < 4.78 is 14.3. The third-order valence-electron chi connectivity index (χ3n) is 3.14. The van der Waals surface area contributed by atoms with Gasteiger partial charge in [0.05, 0.1) is 15.7 Å². The van der Waals surface area contributed by atoms with Crippen LogP contribution in [0.25, 0.3) is 0 Å². The Balaban J connectivity index is 3.17. The third-order valence-corrected chi connectivity index (χ3v) is 3.91. The van der Waals surface area contributed by atoms with Crippen LogP contribution in [-0.4, -0.2) is 13.1 Å². The van der Waals surface area contributed by atoms with Gasteiger partial charge in [-0.1, -0.05) is 13.8 Å². The minimum absolute atomic E-state index is 0.226. The molecule has 17 heavy (non-hydrogen) atoms. The predicted molar refractivity (Wildman–Crippen MR) is 71.5 cm³/mol. The lowest BCUT2D eigenvalue weighted by Crippen LogP contribution is -2.33. The average Bonchev–Trinajstić information content (AvgIpc) is 2.30. The zero-order valence-corrected chi connectivity index (χ0v) is 12.0. The van der Waals surface area contributed by atoms with Crippen LogP contribution in [0.3, 0.4) is 0 Å². The number of benzene rings is 1. The monoisotopic (exact) mass is 298 g/mol. The molecule has 4 heteroatoms. The van der Waals surface area contributed by atoms with Crippen molar-refractivity contribution in [2.75, 3.05) is 11.9 Å². The molecule has 0 fully saturated rings. The molecule has 0 aliphatic rings. The van der Waals surface area contributed by atoms with Crippen LogP contribution in [0.4, 0.5) is 10.1 Å². The van der Waals surface area contributed by atoms with Crippen molar-refractivity contribution in [1.82, 2.24) is 0 Å². The lowest BCUT2D eigenvalue weighted by Gasteiger charge is -2.30. The van der Waals surface area contributed by atoms with Crippen molar-refractivity contribution in [3.8, 4) is 6.07 Å². The summed E-state index contributed by atoms with van der Waals surface area (Å²) >= 11 is 3.12. The van der Waals surface area contributed by atoms with E-state index in [1.54, 1.807) is 12.1 Å². The molecule has 1 atom stereocenters. The van der Waals surface area contributed by atoms with Crippen molar-refractivity contribution in [3.05, 3.63) is 28.0 Å². The Bertz CT molecular complexity index is 451. The topological polar surface area (TPSA) is 27.0 Å². The molecule has 0 N–H and O–H groups in total. The first-order valence-electron chi connectivity index (χ1n) is 5.51. The average molecular weight is 299 g/mol. The van der Waals surface area contributed by atoms with E-state index in [0.29, 0.717) is 17.2 Å². The molecule has 0 heterocycles. The number of nitriles is 1. The van der Waals surface area contributed by atoms with Gasteiger partial charge in [0.15, 0.2) is 5.82 Å². The second kappa shape index (κ2) is 5.50. The Morgan fingerprint density at radius 2 is 1.94 bits per heavy atom. The smallest absolute Gasteiger partial charge is 0.161 e. The van der Waals surface area contributed by atoms with Gasteiger partial charge in [0.25, 0.3) is 0 Å². The maximum Gasteiger partial charge on any atom is 0.161 e. The Labute approximate surface area is 110 Å². The van der Waals surface area contributed by atoms with Crippen LogP contribution >= 0.6 is 15.9 Å². The molecule has 0 radical (unpaired) electrons. The summed E-state index contributed by atoms with van der Waals surface area (Å²) in [5, 5.41) is 8.81. The number of anilines is 1. The largest absolute Gasteiger partial charge is 0.369 e. The second-order valence-corrected chi connectivity index (χ2v) is 5.26. The molecule has 0 amide bonds. The Kier molecular flexibility index (Phi) is 4.53. The lowest BCUT2D eigenvalue weighted by molar-refractivity contribution is 0.497. The fourth-order valence-corrected chi connectivity index (χ4v) is 1.99. The molecular weight excluding hydrogens is 283 g/mol. The predicted octanol–water partition coefficient (Wildman–Crippen LogP) is 3.94. The highest BCUT2D eigenvalue weighted by atomic mass is 79.9. The van der Waals surface area contributed by atoms with Crippen molar-refractivity contribution in [2.24, 2.45) is 5.92 Å². The third kappa shape index (κ3) is 2.78. The van der Waals surface area contributed by atoms with Gasteiger partial charge in [-0.2, -0.15) is 5.26 Å². The van der Waals surface area contributed by atoms with Crippen LogP contribution in [0.1, 0.15) is 26.3 Å². The minimum Gasteiger partial charge on any atom is -0.369 e. The summed E-state index contributed by atoms with van der Waals surface area (Å²) in [6.45, 7) is 6.24. The zero-order chi connectivity index (χ0) is 13.2. The SMILES string of the molecule is CC(C)C(C)N(C)c1ccc(C#N)c(Br)c1F. The van der Waals surface area contributed by atoms with Crippen LogP contribution in [0.2, 0.25) is 0 Å². The Morgan fingerprint density at radius 1 is 1.35 bits per heavy atom. The van der Waals surface area contributed by atoms with E-state index in [2.05, 4.69) is 36.7 Å². The molecule has 0 aliphatic carbocycles. The molecule has 2 nitrogen and oxygen atoms in total. The number of rotatable bonds is 3. The van der Waals surface area contributed by atoms with E-state index in [1.165, 1.54) is 0 Å². The second-order valence-electron chi connectivity index (χ2n) is 4.47. The Morgan fingerprint density at radius 3 is 2.41 bits per heavy atom. The lowest BCUT2D eigenvalue weighted by atomic mass is 10.0. The number of nitrogens with zero attached hydrogens (tertiary/aromatic N) is 2. The van der Waals surface area contributed by atoms with Crippen molar-refractivity contribution in [2.45, 2.75) is 26.8 Å². The van der Waals surface area contributed by atoms with Crippen molar-refractivity contribution in [3.63, 3.8) is 0 Å². The molecule has 0 saturated heterocycles. The van der Waals surface area contributed by atoms with E-state index < -0.39 is 0 Å². The van der Waals surface area contributed by atoms with Crippen molar-refractivity contribution < 1.29 is 4.39 Å². The first kappa shape index (κ1) is 14.0. The molecule has 0 aromatic heterocycles. The maximum absolute atomic E-state index is 14.1. The van der Waals surface area contributed by atoms with Crippen LogP contribution in [-0.2, 0) is 0 Å². The van der Waals surface area contributed by atoms with Gasteiger partial charge in [-0.15, -0.1) is 0 Å². The summed E-state index contributed by atoms with van der Waals surface area (Å²) in [6.07, 6.45) is 0. The van der Waals surface area contributed by atoms with Gasteiger partial charge in [0.2, 0.25) is 0 Å². The van der Waals surface area contributed by atoms with Gasteiger partial charge in [-0.05, 0) is 40.9 Å². The number of hydrogen-bond acceptors (Lipinski definition) is 2. The molecule has 92 valence electrons. The van der Waals surface area contributed by atoms with Gasteiger partial charge in [-0.3, -0.25) is 0 Å². The molecule has 1 aromatic carbocycles. The van der Waals surface area contributed by atoms with Gasteiger partial charge in [-0.25, -0.2) is 4.39 Å². The summed E-state index contributed by atoms with van der Waals surface area (Å²) in [4.78, 5) is 1.89. The molecule has 0 saturated carbocycles. The minimum atomic E-state index is -0.376. The highest BCUT2D eigenvalue weighted by Crippen LogP contribution is 2.30. The number of hydrogen-bond donors (Lipinski definition) is 0. The quantitative estimate of drug-likeness (QED) is 0.845. The molecule has 1 aromatic rings. The highest BCUT2D eigenvalue weighted by Gasteiger charge is 2.19. The van der Waals surface area contributed by atoms with Crippen molar-refractivity contribution >= 4 is 21.6 Å². The van der Waals surface area contributed by atoms with E-state index in [0.717, 1.165) is 0 Å². The number of halogens is 2. The highest BCUT2D eigenvalue weighted by molar-refractivity contribution is 9.10. The molecule has 0 aliphatic heterocycles. The zero-order valence-electron chi connectivity index (χ0n) is 10.5. The van der Waals surface area contributed by atoms with Crippen LogP contribution in [0.5, 0.6) is 0 Å². The van der Waals surface area contributed by atoms with E-state index >= 15 is 0 Å².